The van der Waals surface area contributed by atoms with E-state index >= 15 is 0 Å². The smallest absolute Gasteiger partial charge is 0.265 e. The van der Waals surface area contributed by atoms with E-state index in [0.717, 1.165) is 22.0 Å². The highest BCUT2D eigenvalue weighted by atomic mass is 32.2. The van der Waals surface area contributed by atoms with Gasteiger partial charge in [-0.3, -0.25) is 4.79 Å². The molecule has 0 saturated carbocycles. The van der Waals surface area contributed by atoms with E-state index < -0.39 is 10.0 Å². The summed E-state index contributed by atoms with van der Waals surface area (Å²) >= 11 is 1.37. The topological polar surface area (TPSA) is 54.5 Å². The molecule has 0 unspecified atom stereocenters. The van der Waals surface area contributed by atoms with E-state index in [4.69, 9.17) is 0 Å². The quantitative estimate of drug-likeness (QED) is 0.806. The van der Waals surface area contributed by atoms with Crippen LogP contribution in [0.1, 0.15) is 25.7 Å². The van der Waals surface area contributed by atoms with Crippen molar-refractivity contribution < 1.29 is 13.2 Å². The van der Waals surface area contributed by atoms with Crippen molar-refractivity contribution in [3.8, 4) is 0 Å². The average Bonchev–Trinajstić information content (AvgIpc) is 2.66. The van der Waals surface area contributed by atoms with Crippen LogP contribution in [0.3, 0.4) is 0 Å². The maximum absolute atomic E-state index is 12.4. The molecule has 1 aromatic carbocycles. The lowest BCUT2D eigenvalue weighted by Gasteiger charge is -2.15. The molecule has 0 radical (unpaired) electrons. The SMILES string of the molecule is O=C1C2=C(CCCC2)S(=O)(=O)N1CSc1ccccc1. The van der Waals surface area contributed by atoms with Gasteiger partial charge in [-0.15, -0.1) is 11.8 Å². The van der Waals surface area contributed by atoms with Crippen LogP contribution in [0.25, 0.3) is 0 Å². The van der Waals surface area contributed by atoms with Crippen molar-refractivity contribution in [1.29, 1.82) is 0 Å². The second-order valence-corrected chi connectivity index (χ2v) is 7.76. The number of hydrogen-bond acceptors (Lipinski definition) is 4. The fourth-order valence-electron chi connectivity index (χ4n) is 2.56. The lowest BCUT2D eigenvalue weighted by Crippen LogP contribution is -2.31. The number of sulfonamides is 1. The van der Waals surface area contributed by atoms with Crippen LogP contribution in [-0.2, 0) is 14.8 Å². The summed E-state index contributed by atoms with van der Waals surface area (Å²) in [6, 6.07) is 9.51. The third-order valence-electron chi connectivity index (χ3n) is 3.60. The standard InChI is InChI=1S/C14H15NO3S2/c16-14-12-8-4-5-9-13(12)20(17,18)15(14)10-19-11-6-2-1-3-7-11/h1-3,6-7H,4-5,8-10H2. The van der Waals surface area contributed by atoms with E-state index in [-0.39, 0.29) is 11.8 Å². The molecule has 4 nitrogen and oxygen atoms in total. The largest absolute Gasteiger partial charge is 0.268 e. The Hall–Kier alpha value is -1.27. The number of carbonyl (C=O) groups is 1. The molecule has 0 N–H and O–H groups in total. The predicted octanol–water partition coefficient (Wildman–Crippen LogP) is 2.74. The molecule has 3 rings (SSSR count). The van der Waals surface area contributed by atoms with Crippen molar-refractivity contribution in [1.82, 2.24) is 4.31 Å². The van der Waals surface area contributed by atoms with Crippen LogP contribution in [0.4, 0.5) is 0 Å². The molecule has 1 heterocycles. The van der Waals surface area contributed by atoms with Crippen molar-refractivity contribution in [2.24, 2.45) is 0 Å². The monoisotopic (exact) mass is 309 g/mol. The zero-order valence-electron chi connectivity index (χ0n) is 10.9. The summed E-state index contributed by atoms with van der Waals surface area (Å²) in [7, 11) is -3.56. The summed E-state index contributed by atoms with van der Waals surface area (Å²) in [6.45, 7) is 0. The molecule has 1 aliphatic carbocycles. The van der Waals surface area contributed by atoms with Crippen molar-refractivity contribution >= 4 is 27.7 Å². The van der Waals surface area contributed by atoms with Crippen LogP contribution in [0, 0.1) is 0 Å². The Morgan fingerprint density at radius 1 is 1.10 bits per heavy atom. The highest BCUT2D eigenvalue weighted by Gasteiger charge is 2.43. The van der Waals surface area contributed by atoms with Gasteiger partial charge in [0, 0.05) is 10.5 Å². The second-order valence-electron chi connectivity index (χ2n) is 4.85. The van der Waals surface area contributed by atoms with Gasteiger partial charge in [0.2, 0.25) is 0 Å². The number of amides is 1. The van der Waals surface area contributed by atoms with Gasteiger partial charge in [0.05, 0.1) is 10.8 Å². The van der Waals surface area contributed by atoms with Crippen molar-refractivity contribution in [3.05, 3.63) is 40.8 Å². The van der Waals surface area contributed by atoms with Crippen LogP contribution in [0.2, 0.25) is 0 Å². The van der Waals surface area contributed by atoms with E-state index in [2.05, 4.69) is 0 Å². The summed E-state index contributed by atoms with van der Waals surface area (Å²) in [5.74, 6) is -0.166. The van der Waals surface area contributed by atoms with E-state index in [1.54, 1.807) is 0 Å². The molecular weight excluding hydrogens is 294 g/mol. The predicted molar refractivity (Wildman–Crippen MR) is 78.4 cm³/mol. The fraction of sp³-hybridized carbons (Fsp3) is 0.357. The van der Waals surface area contributed by atoms with Crippen LogP contribution >= 0.6 is 11.8 Å². The van der Waals surface area contributed by atoms with Crippen LogP contribution in [0.5, 0.6) is 0 Å². The number of nitrogens with zero attached hydrogens (tertiary/aromatic N) is 1. The Bertz CT molecular complexity index is 665. The minimum Gasteiger partial charge on any atom is -0.268 e. The van der Waals surface area contributed by atoms with Crippen LogP contribution < -0.4 is 0 Å². The van der Waals surface area contributed by atoms with E-state index in [1.807, 2.05) is 30.3 Å². The molecule has 106 valence electrons. The van der Waals surface area contributed by atoms with Gasteiger partial charge in [-0.05, 0) is 37.8 Å². The lowest BCUT2D eigenvalue weighted by atomic mass is 9.99. The number of allylic oxidation sites excluding steroid dienone is 1. The summed E-state index contributed by atoms with van der Waals surface area (Å²) < 4.78 is 25.8. The van der Waals surface area contributed by atoms with E-state index in [0.29, 0.717) is 23.3 Å². The summed E-state index contributed by atoms with van der Waals surface area (Å²) in [5, 5.41) is 0. The molecule has 0 aromatic heterocycles. The molecule has 0 fully saturated rings. The van der Waals surface area contributed by atoms with Crippen LogP contribution in [0.15, 0.2) is 45.7 Å². The molecule has 0 atom stereocenters. The fourth-order valence-corrected chi connectivity index (χ4v) is 5.50. The Labute approximate surface area is 122 Å². The van der Waals surface area contributed by atoms with Gasteiger partial charge in [0.1, 0.15) is 0 Å². The molecule has 0 saturated heterocycles. The van der Waals surface area contributed by atoms with Crippen LogP contribution in [-0.4, -0.2) is 24.5 Å². The Balaban J connectivity index is 1.80. The number of hydrogen-bond donors (Lipinski definition) is 0. The Kier molecular flexibility index (Phi) is 3.60. The number of rotatable bonds is 3. The summed E-state index contributed by atoms with van der Waals surface area (Å²) in [4.78, 5) is 13.6. The van der Waals surface area contributed by atoms with Gasteiger partial charge in [-0.2, -0.15) is 0 Å². The first kappa shape index (κ1) is 13.7. The van der Waals surface area contributed by atoms with Gasteiger partial charge < -0.3 is 0 Å². The van der Waals surface area contributed by atoms with Gasteiger partial charge in [0.25, 0.3) is 15.9 Å². The highest BCUT2D eigenvalue weighted by molar-refractivity contribution is 8.00. The third kappa shape index (κ3) is 2.27. The van der Waals surface area contributed by atoms with Gasteiger partial charge in [-0.25, -0.2) is 12.7 Å². The van der Waals surface area contributed by atoms with Crippen molar-refractivity contribution in [3.63, 3.8) is 0 Å². The first-order valence-corrected chi connectivity index (χ1v) is 9.00. The zero-order chi connectivity index (χ0) is 14.2. The molecule has 1 amide bonds. The van der Waals surface area contributed by atoms with E-state index in [1.165, 1.54) is 11.8 Å². The maximum Gasteiger partial charge on any atom is 0.265 e. The van der Waals surface area contributed by atoms with Gasteiger partial charge in [-0.1, -0.05) is 18.2 Å². The molecule has 0 bridgehead atoms. The number of carbonyl (C=O) groups excluding carboxylic acids is 1. The first-order chi connectivity index (χ1) is 9.60. The molecule has 0 spiro atoms. The minimum atomic E-state index is -3.56. The molecule has 6 heteroatoms. The zero-order valence-corrected chi connectivity index (χ0v) is 12.5. The summed E-state index contributed by atoms with van der Waals surface area (Å²) in [6.07, 6.45) is 2.86. The van der Waals surface area contributed by atoms with Gasteiger partial charge in [0.15, 0.2) is 0 Å². The van der Waals surface area contributed by atoms with E-state index in [9.17, 15) is 13.2 Å². The Morgan fingerprint density at radius 3 is 2.50 bits per heavy atom. The molecule has 20 heavy (non-hydrogen) atoms. The maximum atomic E-state index is 12.4. The molecule has 1 aromatic rings. The lowest BCUT2D eigenvalue weighted by molar-refractivity contribution is -0.121. The average molecular weight is 309 g/mol. The molecule has 1 aliphatic heterocycles. The number of thioether (sulfide) groups is 1. The Morgan fingerprint density at radius 2 is 1.80 bits per heavy atom. The third-order valence-corrected chi connectivity index (χ3v) is 6.70. The van der Waals surface area contributed by atoms with Crippen molar-refractivity contribution in [2.75, 3.05) is 5.88 Å². The first-order valence-electron chi connectivity index (χ1n) is 6.57. The normalized spacial score (nSPS) is 21.2. The van der Waals surface area contributed by atoms with Crippen molar-refractivity contribution in [2.45, 2.75) is 30.6 Å². The highest BCUT2D eigenvalue weighted by Crippen LogP contribution is 2.39. The van der Waals surface area contributed by atoms with Gasteiger partial charge >= 0.3 is 0 Å². The summed E-state index contributed by atoms with van der Waals surface area (Å²) in [5.41, 5.74) is 0.518. The second kappa shape index (κ2) is 5.26. The number of benzene rings is 1. The molecular formula is C14H15NO3S2. The minimum absolute atomic E-state index is 0.151. The molecule has 2 aliphatic rings.